The molecule has 0 unspecified atom stereocenters. The van der Waals surface area contributed by atoms with Crippen LogP contribution in [-0.4, -0.2) is 20.7 Å². The predicted octanol–water partition coefficient (Wildman–Crippen LogP) is 4.09. The molecule has 3 aromatic rings. The van der Waals surface area contributed by atoms with Crippen molar-refractivity contribution in [2.45, 2.75) is 37.2 Å². The van der Waals surface area contributed by atoms with Crippen LogP contribution in [-0.2, 0) is 6.54 Å². The van der Waals surface area contributed by atoms with E-state index in [0.29, 0.717) is 17.3 Å². The maximum Gasteiger partial charge on any atom is 0.343 e. The highest BCUT2D eigenvalue weighted by Gasteiger charge is 2.15. The van der Waals surface area contributed by atoms with Crippen molar-refractivity contribution >= 4 is 23.4 Å². The number of amides is 1. The van der Waals surface area contributed by atoms with E-state index in [-0.39, 0.29) is 16.8 Å². The third-order valence-corrected chi connectivity index (χ3v) is 5.25. The molecule has 0 bridgehead atoms. The fourth-order valence-corrected chi connectivity index (χ4v) is 3.70. The van der Waals surface area contributed by atoms with Gasteiger partial charge in [-0.25, -0.2) is 9.89 Å². The summed E-state index contributed by atoms with van der Waals surface area (Å²) in [6.45, 7) is 4.71. The second-order valence-electron chi connectivity index (χ2n) is 6.17. The van der Waals surface area contributed by atoms with Crippen molar-refractivity contribution in [2.24, 2.45) is 0 Å². The average molecular weight is 382 g/mol. The molecule has 2 N–H and O–H groups in total. The lowest BCUT2D eigenvalue weighted by atomic mass is 10.1. The molecule has 140 valence electrons. The van der Waals surface area contributed by atoms with Crippen molar-refractivity contribution in [3.63, 3.8) is 0 Å². The van der Waals surface area contributed by atoms with Crippen LogP contribution in [0.3, 0.4) is 0 Å². The molecular formula is C20H22N4O2S. The molecule has 0 aliphatic carbocycles. The number of H-pyrrole nitrogens is 1. The van der Waals surface area contributed by atoms with E-state index >= 15 is 0 Å². The molecule has 0 saturated carbocycles. The van der Waals surface area contributed by atoms with Gasteiger partial charge >= 0.3 is 5.69 Å². The highest BCUT2D eigenvalue weighted by Crippen LogP contribution is 2.34. The van der Waals surface area contributed by atoms with Crippen LogP contribution >= 0.6 is 11.8 Å². The maximum atomic E-state index is 12.3. The second-order valence-corrected chi connectivity index (χ2v) is 7.48. The Morgan fingerprint density at radius 2 is 2.00 bits per heavy atom. The third kappa shape index (κ3) is 4.68. The minimum atomic E-state index is -0.185. The van der Waals surface area contributed by atoms with E-state index in [1.165, 1.54) is 11.8 Å². The zero-order chi connectivity index (χ0) is 19.2. The van der Waals surface area contributed by atoms with Gasteiger partial charge in [-0.1, -0.05) is 49.0 Å². The van der Waals surface area contributed by atoms with Crippen LogP contribution in [0.4, 0.5) is 5.69 Å². The Balaban J connectivity index is 1.73. The quantitative estimate of drug-likeness (QED) is 0.603. The Labute approximate surface area is 162 Å². The molecule has 3 rings (SSSR count). The van der Waals surface area contributed by atoms with Gasteiger partial charge in [-0.05, 0) is 43.2 Å². The predicted molar refractivity (Wildman–Crippen MR) is 108 cm³/mol. The van der Waals surface area contributed by atoms with Crippen molar-refractivity contribution in [3.8, 4) is 0 Å². The van der Waals surface area contributed by atoms with Crippen LogP contribution in [0.1, 0.15) is 41.4 Å². The van der Waals surface area contributed by atoms with Crippen molar-refractivity contribution in [1.82, 2.24) is 14.8 Å². The minimum absolute atomic E-state index is 0.0735. The molecule has 0 fully saturated rings. The Hall–Kier alpha value is -2.80. The highest BCUT2D eigenvalue weighted by molar-refractivity contribution is 7.99. The molecule has 6 nitrogen and oxygen atoms in total. The number of hydrogen-bond acceptors (Lipinski definition) is 4. The fourth-order valence-electron chi connectivity index (χ4n) is 2.70. The number of rotatable bonds is 7. The van der Waals surface area contributed by atoms with Crippen LogP contribution < -0.4 is 11.0 Å². The summed E-state index contributed by atoms with van der Waals surface area (Å²) in [5.74, 6) is -0.142. The fraction of sp³-hybridized carbons (Fsp3) is 0.250. The number of carbonyl (C=O) groups is 1. The van der Waals surface area contributed by atoms with Crippen LogP contribution in [0.5, 0.6) is 0 Å². The summed E-state index contributed by atoms with van der Waals surface area (Å²) in [6.07, 6.45) is 0.863. The van der Waals surface area contributed by atoms with Gasteiger partial charge in [0, 0.05) is 23.0 Å². The third-order valence-electron chi connectivity index (χ3n) is 4.10. The first-order valence-corrected chi connectivity index (χ1v) is 9.74. The Kier molecular flexibility index (Phi) is 6.13. The lowest BCUT2D eigenvalue weighted by Crippen LogP contribution is -2.17. The van der Waals surface area contributed by atoms with Gasteiger partial charge in [0.05, 0.1) is 0 Å². The standard InChI is InChI=1S/C20H22N4O2S/c1-3-12-24-19(26)22-23-20(24)27-14(2)16-10-7-11-17(13-16)21-18(25)15-8-5-4-6-9-15/h4-11,13-14H,3,12H2,1-2H3,(H,21,25)(H,22,26)/t14-/m1/s1. The molecule has 0 saturated heterocycles. The second kappa shape index (κ2) is 8.73. The Bertz CT molecular complexity index is 965. The number of aromatic nitrogens is 3. The van der Waals surface area contributed by atoms with Gasteiger partial charge in [-0.2, -0.15) is 0 Å². The molecule has 0 radical (unpaired) electrons. The molecule has 1 heterocycles. The molecule has 0 aliphatic rings. The summed E-state index contributed by atoms with van der Waals surface area (Å²) in [4.78, 5) is 24.2. The summed E-state index contributed by atoms with van der Waals surface area (Å²) in [7, 11) is 0. The van der Waals surface area contributed by atoms with Crippen LogP contribution in [0.2, 0.25) is 0 Å². The summed E-state index contributed by atoms with van der Waals surface area (Å²) >= 11 is 1.52. The maximum absolute atomic E-state index is 12.3. The van der Waals surface area contributed by atoms with E-state index in [2.05, 4.69) is 22.4 Å². The number of nitrogens with one attached hydrogen (secondary N) is 2. The lowest BCUT2D eigenvalue weighted by Gasteiger charge is -2.13. The van der Waals surface area contributed by atoms with E-state index < -0.39 is 0 Å². The summed E-state index contributed by atoms with van der Waals surface area (Å²) in [5, 5.41) is 10.3. The SMILES string of the molecule is CCCn1c(S[C@H](C)c2cccc(NC(=O)c3ccccc3)c2)n[nH]c1=O. The molecule has 27 heavy (non-hydrogen) atoms. The largest absolute Gasteiger partial charge is 0.343 e. The number of anilines is 1. The van der Waals surface area contributed by atoms with Gasteiger partial charge in [0.15, 0.2) is 5.16 Å². The van der Waals surface area contributed by atoms with Crippen LogP contribution in [0.15, 0.2) is 64.5 Å². The number of aromatic amines is 1. The van der Waals surface area contributed by atoms with Crippen LogP contribution in [0, 0.1) is 0 Å². The van der Waals surface area contributed by atoms with Gasteiger partial charge in [0.25, 0.3) is 5.91 Å². The molecule has 1 amide bonds. The van der Waals surface area contributed by atoms with Crippen molar-refractivity contribution < 1.29 is 4.79 Å². The van der Waals surface area contributed by atoms with Crippen LogP contribution in [0.25, 0.3) is 0 Å². The van der Waals surface area contributed by atoms with Crippen molar-refractivity contribution in [3.05, 3.63) is 76.2 Å². The number of hydrogen-bond donors (Lipinski definition) is 2. The minimum Gasteiger partial charge on any atom is -0.322 e. The molecular weight excluding hydrogens is 360 g/mol. The topological polar surface area (TPSA) is 79.8 Å². The molecule has 7 heteroatoms. The molecule has 1 atom stereocenters. The van der Waals surface area contributed by atoms with Crippen molar-refractivity contribution in [2.75, 3.05) is 5.32 Å². The molecule has 2 aromatic carbocycles. The van der Waals surface area contributed by atoms with E-state index in [1.54, 1.807) is 16.7 Å². The van der Waals surface area contributed by atoms with E-state index in [1.807, 2.05) is 49.4 Å². The first-order chi connectivity index (χ1) is 13.1. The smallest absolute Gasteiger partial charge is 0.322 e. The number of carbonyl (C=O) groups excluding carboxylic acids is 1. The average Bonchev–Trinajstić information content (AvgIpc) is 3.03. The normalized spacial score (nSPS) is 11.9. The molecule has 0 aliphatic heterocycles. The van der Waals surface area contributed by atoms with E-state index in [0.717, 1.165) is 17.7 Å². The van der Waals surface area contributed by atoms with Gasteiger partial charge < -0.3 is 5.32 Å². The zero-order valence-corrected chi connectivity index (χ0v) is 16.1. The van der Waals surface area contributed by atoms with E-state index in [9.17, 15) is 9.59 Å². The van der Waals surface area contributed by atoms with Gasteiger partial charge in [-0.15, -0.1) is 5.10 Å². The molecule has 0 spiro atoms. The van der Waals surface area contributed by atoms with E-state index in [4.69, 9.17) is 0 Å². The first kappa shape index (κ1) is 19.0. The van der Waals surface area contributed by atoms with Gasteiger partial charge in [0.1, 0.15) is 0 Å². The first-order valence-electron chi connectivity index (χ1n) is 8.86. The number of benzene rings is 2. The summed E-state index contributed by atoms with van der Waals surface area (Å²) in [6, 6.07) is 16.8. The number of thioether (sulfide) groups is 1. The summed E-state index contributed by atoms with van der Waals surface area (Å²) < 4.78 is 1.65. The number of nitrogens with zero attached hydrogens (tertiary/aromatic N) is 2. The Morgan fingerprint density at radius 3 is 2.74 bits per heavy atom. The summed E-state index contributed by atoms with van der Waals surface area (Å²) in [5.41, 5.74) is 2.21. The lowest BCUT2D eigenvalue weighted by molar-refractivity contribution is 0.102. The van der Waals surface area contributed by atoms with Crippen molar-refractivity contribution in [1.29, 1.82) is 0 Å². The Morgan fingerprint density at radius 1 is 1.22 bits per heavy atom. The highest BCUT2D eigenvalue weighted by atomic mass is 32.2. The zero-order valence-electron chi connectivity index (χ0n) is 15.3. The van der Waals surface area contributed by atoms with Gasteiger partial charge in [-0.3, -0.25) is 9.36 Å². The monoisotopic (exact) mass is 382 g/mol. The van der Waals surface area contributed by atoms with Gasteiger partial charge in [0.2, 0.25) is 0 Å². The molecule has 1 aromatic heterocycles.